The average molecular weight is 200 g/mol. The lowest BCUT2D eigenvalue weighted by Gasteiger charge is -2.09. The summed E-state index contributed by atoms with van der Waals surface area (Å²) in [5, 5.41) is 0.828. The van der Waals surface area contributed by atoms with E-state index >= 15 is 0 Å². The summed E-state index contributed by atoms with van der Waals surface area (Å²) in [7, 11) is 2.45. The molecule has 0 heterocycles. The third-order valence-corrected chi connectivity index (χ3v) is 1.89. The molecule has 0 aliphatic carbocycles. The lowest BCUT2D eigenvalue weighted by molar-refractivity contribution is 0.259. The molecule has 0 radical (unpaired) electrons. The quantitative estimate of drug-likeness (QED) is 0.680. The Hall–Kier alpha value is -0.620. The summed E-state index contributed by atoms with van der Waals surface area (Å²) in [6.07, 6.45) is 0. The van der Waals surface area contributed by atoms with E-state index in [0.29, 0.717) is 18.3 Å². The first-order valence-corrected chi connectivity index (χ1v) is 4.85. The van der Waals surface area contributed by atoms with Gasteiger partial charge in [-0.1, -0.05) is 19.9 Å². The molecule has 13 heavy (non-hydrogen) atoms. The Morgan fingerprint density at radius 2 is 2.15 bits per heavy atom. The Morgan fingerprint density at radius 1 is 1.46 bits per heavy atom. The van der Waals surface area contributed by atoms with Gasteiger partial charge in [-0.2, -0.15) is 0 Å². The lowest BCUT2D eigenvalue weighted by atomic mass is 10.2. The zero-order valence-electron chi connectivity index (χ0n) is 7.88. The van der Waals surface area contributed by atoms with Crippen molar-refractivity contribution in [1.29, 1.82) is 0 Å². The van der Waals surface area contributed by atoms with Crippen molar-refractivity contribution in [3.8, 4) is 5.75 Å². The molecule has 0 saturated carbocycles. The van der Waals surface area contributed by atoms with E-state index in [-0.39, 0.29) is 5.82 Å². The van der Waals surface area contributed by atoms with Crippen molar-refractivity contribution in [1.82, 2.24) is 0 Å². The monoisotopic (exact) mass is 200 g/mol. The molecule has 0 N–H and O–H groups in total. The molecule has 0 aromatic heterocycles. The number of halogens is 1. The topological polar surface area (TPSA) is 9.23 Å². The van der Waals surface area contributed by atoms with Gasteiger partial charge in [-0.3, -0.25) is 0 Å². The summed E-state index contributed by atoms with van der Waals surface area (Å²) in [5.41, 5.74) is 0. The van der Waals surface area contributed by atoms with Crippen molar-refractivity contribution in [2.75, 3.05) is 6.61 Å². The molecule has 0 bridgehead atoms. The molecule has 0 aliphatic rings. The lowest BCUT2D eigenvalue weighted by Crippen LogP contribution is -2.06. The Labute approximate surface area is 80.5 Å². The highest BCUT2D eigenvalue weighted by Crippen LogP contribution is 2.16. The van der Waals surface area contributed by atoms with E-state index in [1.165, 1.54) is 6.07 Å². The van der Waals surface area contributed by atoms with Crippen molar-refractivity contribution in [2.24, 2.45) is 5.92 Å². The first-order valence-electron chi connectivity index (χ1n) is 4.27. The van der Waals surface area contributed by atoms with E-state index in [9.17, 15) is 4.39 Å². The fourth-order valence-electron chi connectivity index (χ4n) is 0.891. The third kappa shape index (κ3) is 3.31. The van der Waals surface area contributed by atoms with Crippen LogP contribution in [0.4, 0.5) is 4.39 Å². The van der Waals surface area contributed by atoms with E-state index in [1.807, 2.05) is 19.9 Å². The maximum Gasteiger partial charge on any atom is 0.165 e. The van der Waals surface area contributed by atoms with Crippen LogP contribution in [0.15, 0.2) is 18.2 Å². The second-order valence-corrected chi connectivity index (χ2v) is 4.06. The van der Waals surface area contributed by atoms with Crippen LogP contribution < -0.4 is 10.0 Å². The SMILES string of the molecule is CC(C)COc1ccc(P)cc1F. The highest BCUT2D eigenvalue weighted by Gasteiger charge is 2.03. The van der Waals surface area contributed by atoms with Crippen molar-refractivity contribution in [3.63, 3.8) is 0 Å². The first kappa shape index (κ1) is 10.5. The van der Waals surface area contributed by atoms with E-state index in [0.717, 1.165) is 5.30 Å². The highest BCUT2D eigenvalue weighted by molar-refractivity contribution is 7.27. The van der Waals surface area contributed by atoms with Gasteiger partial charge in [0, 0.05) is 0 Å². The fourth-order valence-corrected chi connectivity index (χ4v) is 1.13. The first-order chi connectivity index (χ1) is 6.09. The maximum atomic E-state index is 13.2. The van der Waals surface area contributed by atoms with Gasteiger partial charge in [0.15, 0.2) is 11.6 Å². The van der Waals surface area contributed by atoms with Crippen LogP contribution in [-0.2, 0) is 0 Å². The fraction of sp³-hybridized carbons (Fsp3) is 0.400. The van der Waals surface area contributed by atoms with Crippen LogP contribution in [0.2, 0.25) is 0 Å². The molecule has 0 fully saturated rings. The highest BCUT2D eigenvalue weighted by atomic mass is 31.0. The van der Waals surface area contributed by atoms with Gasteiger partial charge in [0.25, 0.3) is 0 Å². The van der Waals surface area contributed by atoms with Crippen molar-refractivity contribution < 1.29 is 9.13 Å². The molecule has 1 aromatic carbocycles. The van der Waals surface area contributed by atoms with Gasteiger partial charge >= 0.3 is 0 Å². The Kier molecular flexibility index (Phi) is 3.68. The predicted octanol–water partition coefficient (Wildman–Crippen LogP) is 2.36. The smallest absolute Gasteiger partial charge is 0.165 e. The van der Waals surface area contributed by atoms with Crippen LogP contribution in [0.1, 0.15) is 13.8 Å². The molecule has 0 aliphatic heterocycles. The van der Waals surface area contributed by atoms with E-state index < -0.39 is 0 Å². The van der Waals surface area contributed by atoms with Crippen molar-refractivity contribution >= 4 is 14.5 Å². The Bertz CT molecular complexity index is 286. The van der Waals surface area contributed by atoms with E-state index in [2.05, 4.69) is 9.24 Å². The van der Waals surface area contributed by atoms with Crippen LogP contribution >= 0.6 is 9.24 Å². The largest absolute Gasteiger partial charge is 0.490 e. The van der Waals surface area contributed by atoms with Gasteiger partial charge in [0.05, 0.1) is 6.61 Å². The van der Waals surface area contributed by atoms with Crippen LogP contribution in [0, 0.1) is 11.7 Å². The number of rotatable bonds is 3. The van der Waals surface area contributed by atoms with Gasteiger partial charge in [0.2, 0.25) is 0 Å². The maximum absolute atomic E-state index is 13.2. The van der Waals surface area contributed by atoms with Crippen LogP contribution in [0.5, 0.6) is 5.75 Å². The second kappa shape index (κ2) is 4.57. The number of hydrogen-bond acceptors (Lipinski definition) is 1. The Balaban J connectivity index is 2.67. The Morgan fingerprint density at radius 3 is 2.69 bits per heavy atom. The van der Waals surface area contributed by atoms with Gasteiger partial charge in [0.1, 0.15) is 0 Å². The summed E-state index contributed by atoms with van der Waals surface area (Å²) < 4.78 is 18.4. The number of ether oxygens (including phenoxy) is 1. The third-order valence-electron chi connectivity index (χ3n) is 1.53. The van der Waals surface area contributed by atoms with Crippen LogP contribution in [0.25, 0.3) is 0 Å². The average Bonchev–Trinajstić information content (AvgIpc) is 2.02. The molecule has 0 saturated heterocycles. The van der Waals surface area contributed by atoms with E-state index in [4.69, 9.17) is 4.74 Å². The van der Waals surface area contributed by atoms with Gasteiger partial charge in [-0.25, -0.2) is 4.39 Å². The van der Waals surface area contributed by atoms with Gasteiger partial charge in [-0.15, -0.1) is 9.24 Å². The van der Waals surface area contributed by atoms with Gasteiger partial charge in [-0.05, 0) is 23.4 Å². The summed E-state index contributed by atoms with van der Waals surface area (Å²) in [4.78, 5) is 0. The minimum Gasteiger partial charge on any atom is -0.490 e. The molecular weight excluding hydrogens is 186 g/mol. The molecule has 1 nitrogen and oxygen atoms in total. The molecule has 72 valence electrons. The van der Waals surface area contributed by atoms with Crippen molar-refractivity contribution in [3.05, 3.63) is 24.0 Å². The minimum absolute atomic E-state index is 0.298. The summed E-state index contributed by atoms with van der Waals surface area (Å²) in [6, 6.07) is 4.91. The van der Waals surface area contributed by atoms with Gasteiger partial charge < -0.3 is 4.74 Å². The van der Waals surface area contributed by atoms with Crippen LogP contribution in [0.3, 0.4) is 0 Å². The zero-order chi connectivity index (χ0) is 9.84. The molecule has 1 aromatic rings. The summed E-state index contributed by atoms with van der Waals surface area (Å²) in [5.74, 6) is 0.447. The van der Waals surface area contributed by atoms with E-state index in [1.54, 1.807) is 6.07 Å². The minimum atomic E-state index is -0.298. The zero-order valence-corrected chi connectivity index (χ0v) is 9.03. The van der Waals surface area contributed by atoms with Crippen LogP contribution in [-0.4, -0.2) is 6.61 Å². The normalized spacial score (nSPS) is 10.5. The molecule has 1 rings (SSSR count). The number of hydrogen-bond donors (Lipinski definition) is 0. The molecule has 1 atom stereocenters. The molecular formula is C10H14FOP. The molecule has 3 heteroatoms. The standard InChI is InChI=1S/C10H14FOP/c1-7(2)6-12-10-4-3-8(13)5-9(10)11/h3-5,7H,6,13H2,1-2H3. The molecule has 0 amide bonds. The predicted molar refractivity (Wildman–Crippen MR) is 56.1 cm³/mol. The molecule has 1 unspecified atom stereocenters. The summed E-state index contributed by atoms with van der Waals surface area (Å²) >= 11 is 0. The molecule has 0 spiro atoms. The second-order valence-electron chi connectivity index (χ2n) is 3.39. The summed E-state index contributed by atoms with van der Waals surface area (Å²) in [6.45, 7) is 4.61. The van der Waals surface area contributed by atoms with Crippen molar-refractivity contribution in [2.45, 2.75) is 13.8 Å². The number of benzene rings is 1.